The first kappa shape index (κ1) is 15.7. The fourth-order valence-corrected chi connectivity index (χ4v) is 2.03. The van der Waals surface area contributed by atoms with E-state index in [1.54, 1.807) is 6.07 Å². The van der Waals surface area contributed by atoms with Crippen LogP contribution in [0.5, 0.6) is 0 Å². The molecule has 17 heavy (non-hydrogen) atoms. The highest BCUT2D eigenvalue weighted by Crippen LogP contribution is 2.52. The molecule has 0 saturated heterocycles. The Labute approximate surface area is 127 Å². The van der Waals surface area contributed by atoms with Gasteiger partial charge in [0.05, 0.1) is 0 Å². The summed E-state index contributed by atoms with van der Waals surface area (Å²) in [6.45, 7) is 2.14. The molecular weight excluding hydrogens is 321 g/mol. The molecule has 5 heteroatoms. The number of unbranched alkanes of at least 4 members (excludes halogenated alkanes) is 1. The van der Waals surface area contributed by atoms with Crippen LogP contribution in [0.15, 0.2) is 24.3 Å². The molecule has 1 aromatic rings. The number of benzene rings is 1. The Balaban J connectivity index is 2.99. The van der Waals surface area contributed by atoms with E-state index in [2.05, 4.69) is 6.92 Å². The molecule has 0 nitrogen and oxygen atoms in total. The third kappa shape index (κ3) is 4.08. The molecule has 0 aliphatic heterocycles. The van der Waals surface area contributed by atoms with Crippen LogP contribution in [0.2, 0.25) is 0 Å². The van der Waals surface area contributed by atoms with Crippen molar-refractivity contribution in [3.05, 3.63) is 35.4 Å². The fraction of sp³-hybridized carbons (Fsp3) is 0.500. The van der Waals surface area contributed by atoms with Crippen LogP contribution in [-0.2, 0) is 10.8 Å². The minimum absolute atomic E-state index is 0.606. The van der Waals surface area contributed by atoms with Gasteiger partial charge >= 0.3 is 0 Å². The van der Waals surface area contributed by atoms with Gasteiger partial charge in [0.25, 0.3) is 0 Å². The van der Waals surface area contributed by atoms with Gasteiger partial charge < -0.3 is 0 Å². The van der Waals surface area contributed by atoms with Crippen molar-refractivity contribution in [2.75, 3.05) is 0 Å². The van der Waals surface area contributed by atoms with Crippen molar-refractivity contribution in [2.45, 2.75) is 34.3 Å². The molecule has 0 aromatic heterocycles. The molecule has 0 amide bonds. The van der Waals surface area contributed by atoms with E-state index in [9.17, 15) is 0 Å². The van der Waals surface area contributed by atoms with E-state index in [4.69, 9.17) is 58.0 Å². The molecule has 0 bridgehead atoms. The summed E-state index contributed by atoms with van der Waals surface area (Å²) in [5.41, 5.74) is 1.75. The van der Waals surface area contributed by atoms with Gasteiger partial charge in [-0.3, -0.25) is 0 Å². The van der Waals surface area contributed by atoms with Crippen LogP contribution in [0.4, 0.5) is 0 Å². The van der Waals surface area contributed by atoms with Crippen molar-refractivity contribution in [3.63, 3.8) is 0 Å². The Bertz CT molecular complexity index is 367. The summed E-state index contributed by atoms with van der Waals surface area (Å²) in [6.07, 6.45) is 3.20. The molecule has 0 saturated carbocycles. The van der Waals surface area contributed by atoms with E-state index in [0.29, 0.717) is 5.56 Å². The molecule has 0 aliphatic carbocycles. The van der Waals surface area contributed by atoms with Crippen molar-refractivity contribution < 1.29 is 0 Å². The van der Waals surface area contributed by atoms with Gasteiger partial charge in [-0.25, -0.2) is 0 Å². The highest BCUT2D eigenvalue weighted by molar-refractivity contribution is 6.75. The predicted molar refractivity (Wildman–Crippen MR) is 78.7 cm³/mol. The lowest BCUT2D eigenvalue weighted by Crippen LogP contribution is -2.28. The van der Waals surface area contributed by atoms with Crippen LogP contribution in [0.25, 0.3) is 0 Å². The summed E-state index contributed by atoms with van der Waals surface area (Å²) >= 11 is 29.6. The van der Waals surface area contributed by atoms with Crippen LogP contribution in [-0.4, -0.2) is 3.79 Å². The minimum Gasteiger partial charge on any atom is -0.0915 e. The van der Waals surface area contributed by atoms with Crippen molar-refractivity contribution in [1.29, 1.82) is 0 Å². The zero-order valence-electron chi connectivity index (χ0n) is 9.32. The first-order valence-corrected chi connectivity index (χ1v) is 7.22. The third-order valence-electron chi connectivity index (χ3n) is 2.46. The van der Waals surface area contributed by atoms with E-state index >= 15 is 0 Å². The molecule has 0 fully saturated rings. The average molecular weight is 335 g/mol. The molecule has 0 N–H and O–H groups in total. The van der Waals surface area contributed by atoms with E-state index < -0.39 is 8.13 Å². The van der Waals surface area contributed by atoms with Crippen LogP contribution < -0.4 is 0 Å². The quantitative estimate of drug-likeness (QED) is 0.590. The second kappa shape index (κ2) is 6.21. The van der Waals surface area contributed by atoms with Crippen LogP contribution in [0.1, 0.15) is 30.9 Å². The number of rotatable bonds is 4. The van der Waals surface area contributed by atoms with Gasteiger partial charge in [-0.05, 0) is 24.0 Å². The van der Waals surface area contributed by atoms with Gasteiger partial charge in [-0.2, -0.15) is 0 Å². The standard InChI is InChI=1S/C12H13Cl5/c1-2-3-5-9-6-4-7-10(8-9)11(13,14)12(15,16)17/h4,6-8H,2-3,5H2,1H3. The topological polar surface area (TPSA) is 0 Å². The number of alkyl halides is 5. The lowest BCUT2D eigenvalue weighted by Gasteiger charge is -2.28. The third-order valence-corrected chi connectivity index (χ3v) is 4.90. The Kier molecular flexibility index (Phi) is 5.75. The van der Waals surface area contributed by atoms with E-state index in [-0.39, 0.29) is 0 Å². The van der Waals surface area contributed by atoms with Crippen molar-refractivity contribution in [2.24, 2.45) is 0 Å². The number of hydrogen-bond acceptors (Lipinski definition) is 0. The number of halogens is 5. The first-order chi connectivity index (χ1) is 7.79. The fourth-order valence-electron chi connectivity index (χ4n) is 1.47. The molecule has 0 radical (unpaired) electrons. The second-order valence-corrected chi connectivity index (χ2v) is 7.48. The molecular formula is C12H13Cl5. The summed E-state index contributed by atoms with van der Waals surface area (Å²) in [5.74, 6) is 0. The summed E-state index contributed by atoms with van der Waals surface area (Å²) < 4.78 is -3.31. The summed E-state index contributed by atoms with van der Waals surface area (Å²) in [6, 6.07) is 7.53. The highest BCUT2D eigenvalue weighted by Gasteiger charge is 2.47. The lowest BCUT2D eigenvalue weighted by atomic mass is 10.0. The Morgan fingerprint density at radius 1 is 1.06 bits per heavy atom. The van der Waals surface area contributed by atoms with Crippen LogP contribution in [0, 0.1) is 0 Å². The maximum atomic E-state index is 6.11. The SMILES string of the molecule is CCCCc1cccc(C(Cl)(Cl)C(Cl)(Cl)Cl)c1. The first-order valence-electron chi connectivity index (χ1n) is 5.33. The lowest BCUT2D eigenvalue weighted by molar-refractivity contribution is 0.790. The normalized spacial score (nSPS) is 12.8. The predicted octanol–water partition coefficient (Wildman–Crippen LogP) is 6.03. The Morgan fingerprint density at radius 3 is 2.24 bits per heavy atom. The zero-order chi connectivity index (χ0) is 13.1. The van der Waals surface area contributed by atoms with Crippen molar-refractivity contribution in [3.8, 4) is 0 Å². The Morgan fingerprint density at radius 2 is 1.71 bits per heavy atom. The van der Waals surface area contributed by atoms with Gasteiger partial charge in [0, 0.05) is 0 Å². The second-order valence-electron chi connectivity index (χ2n) is 3.88. The van der Waals surface area contributed by atoms with Gasteiger partial charge in [-0.15, -0.1) is 0 Å². The van der Waals surface area contributed by atoms with Gasteiger partial charge in [-0.1, -0.05) is 95.6 Å². The van der Waals surface area contributed by atoms with Crippen LogP contribution in [0.3, 0.4) is 0 Å². The summed E-state index contributed by atoms with van der Waals surface area (Å²) in [5, 5.41) is 0. The Hall–Kier alpha value is 0.670. The molecule has 0 spiro atoms. The number of hydrogen-bond donors (Lipinski definition) is 0. The molecule has 0 heterocycles. The molecule has 0 aliphatic rings. The highest BCUT2D eigenvalue weighted by atomic mass is 35.6. The number of aryl methyl sites for hydroxylation is 1. The monoisotopic (exact) mass is 332 g/mol. The zero-order valence-corrected chi connectivity index (χ0v) is 13.1. The van der Waals surface area contributed by atoms with E-state index in [1.807, 2.05) is 18.2 Å². The van der Waals surface area contributed by atoms with E-state index in [1.165, 1.54) is 0 Å². The van der Waals surface area contributed by atoms with Gasteiger partial charge in [0.1, 0.15) is 0 Å². The molecule has 96 valence electrons. The van der Waals surface area contributed by atoms with Gasteiger partial charge in [0.2, 0.25) is 3.79 Å². The molecule has 0 atom stereocenters. The smallest absolute Gasteiger partial charge is 0.0915 e. The maximum absolute atomic E-state index is 6.11. The van der Waals surface area contributed by atoms with Crippen LogP contribution >= 0.6 is 58.0 Å². The average Bonchev–Trinajstić information content (AvgIpc) is 2.25. The maximum Gasteiger partial charge on any atom is 0.227 e. The van der Waals surface area contributed by atoms with Crippen molar-refractivity contribution in [1.82, 2.24) is 0 Å². The van der Waals surface area contributed by atoms with Gasteiger partial charge in [0.15, 0.2) is 4.33 Å². The molecule has 0 unspecified atom stereocenters. The molecule has 1 rings (SSSR count). The largest absolute Gasteiger partial charge is 0.227 e. The summed E-state index contributed by atoms with van der Waals surface area (Å²) in [7, 11) is 0. The van der Waals surface area contributed by atoms with Crippen molar-refractivity contribution >= 4 is 58.0 Å². The van der Waals surface area contributed by atoms with E-state index in [0.717, 1.165) is 24.8 Å². The summed E-state index contributed by atoms with van der Waals surface area (Å²) in [4.78, 5) is 0. The minimum atomic E-state index is -1.76. The molecule has 1 aromatic carbocycles.